The van der Waals surface area contributed by atoms with E-state index in [1.165, 1.54) is 0 Å². The second-order valence-electron chi connectivity index (χ2n) is 9.61. The zero-order valence-electron chi connectivity index (χ0n) is 19.3. The minimum atomic E-state index is -0.877. The Morgan fingerprint density at radius 2 is 1.88 bits per heavy atom. The monoisotopic (exact) mass is 461 g/mol. The third-order valence-electron chi connectivity index (χ3n) is 5.64. The Morgan fingerprint density at radius 3 is 2.41 bits per heavy atom. The van der Waals surface area contributed by atoms with Crippen molar-refractivity contribution in [2.45, 2.75) is 65.0 Å². The van der Waals surface area contributed by atoms with E-state index < -0.39 is 17.7 Å². The zero-order valence-corrected chi connectivity index (χ0v) is 20.1. The van der Waals surface area contributed by atoms with Crippen LogP contribution in [0.5, 0.6) is 0 Å². The van der Waals surface area contributed by atoms with Gasteiger partial charge in [0.15, 0.2) is 6.10 Å². The number of halogens is 1. The number of aromatic nitrogens is 3. The second-order valence-corrected chi connectivity index (χ2v) is 10.0. The van der Waals surface area contributed by atoms with E-state index in [0.29, 0.717) is 16.8 Å². The number of hydrogen-bond donors (Lipinski definition) is 2. The summed E-state index contributed by atoms with van der Waals surface area (Å²) < 4.78 is 7.30. The molecule has 1 saturated carbocycles. The molecule has 2 heterocycles. The molecule has 1 fully saturated rings. The quantitative estimate of drug-likeness (QED) is 0.666. The van der Waals surface area contributed by atoms with Crippen LogP contribution in [0.1, 0.15) is 53.4 Å². The number of ether oxygens (including phenoxy) is 1. The number of rotatable bonds is 5. The molecule has 2 aromatic rings. The van der Waals surface area contributed by atoms with E-state index in [1.54, 1.807) is 30.2 Å². The molecule has 0 aromatic carbocycles. The van der Waals surface area contributed by atoms with Crippen molar-refractivity contribution in [1.82, 2.24) is 20.1 Å². The molecular formula is C23H32ClN5O3. The summed E-state index contributed by atoms with van der Waals surface area (Å²) in [6, 6.07) is 3.52. The number of hydrogen-bond acceptors (Lipinski definition) is 5. The number of pyridine rings is 1. The van der Waals surface area contributed by atoms with Crippen molar-refractivity contribution >= 4 is 29.4 Å². The molecule has 2 aromatic heterocycles. The summed E-state index contributed by atoms with van der Waals surface area (Å²) in [5.74, 6) is 0.606. The Bertz CT molecular complexity index is 924. The van der Waals surface area contributed by atoms with Crippen LogP contribution in [-0.2, 0) is 16.6 Å². The Morgan fingerprint density at radius 1 is 1.19 bits per heavy atom. The maximum atomic E-state index is 13.1. The highest BCUT2D eigenvalue weighted by molar-refractivity contribution is 6.33. The molecule has 0 aliphatic heterocycles. The minimum absolute atomic E-state index is 0.0237. The van der Waals surface area contributed by atoms with Crippen molar-refractivity contribution < 1.29 is 14.3 Å². The average molecular weight is 462 g/mol. The predicted molar refractivity (Wildman–Crippen MR) is 124 cm³/mol. The fourth-order valence-electron chi connectivity index (χ4n) is 3.94. The molecule has 0 spiro atoms. The molecular weight excluding hydrogens is 430 g/mol. The van der Waals surface area contributed by atoms with Crippen LogP contribution in [0.25, 0.3) is 11.3 Å². The highest BCUT2D eigenvalue weighted by Gasteiger charge is 2.35. The van der Waals surface area contributed by atoms with E-state index in [4.69, 9.17) is 16.3 Å². The topological polar surface area (TPSA) is 98.1 Å². The van der Waals surface area contributed by atoms with Crippen molar-refractivity contribution in [1.29, 1.82) is 0 Å². The summed E-state index contributed by atoms with van der Waals surface area (Å²) in [6.45, 7) is 7.81. The molecule has 1 atom stereocenters. The van der Waals surface area contributed by atoms with E-state index in [0.717, 1.165) is 36.9 Å². The van der Waals surface area contributed by atoms with Crippen molar-refractivity contribution in [3.05, 3.63) is 29.5 Å². The summed E-state index contributed by atoms with van der Waals surface area (Å²) in [5, 5.41) is 10.2. The first kappa shape index (κ1) is 24.0. The molecule has 0 saturated heterocycles. The van der Waals surface area contributed by atoms with E-state index in [-0.39, 0.29) is 11.8 Å². The largest absolute Gasteiger partial charge is 0.436 e. The fraction of sp³-hybridized carbons (Fsp3) is 0.565. The smallest absolute Gasteiger partial charge is 0.408 e. The number of nitrogens with one attached hydrogen (secondary N) is 2. The van der Waals surface area contributed by atoms with Crippen LogP contribution in [0.4, 0.5) is 10.6 Å². The summed E-state index contributed by atoms with van der Waals surface area (Å²) in [4.78, 5) is 29.9. The van der Waals surface area contributed by atoms with Crippen molar-refractivity contribution in [3.63, 3.8) is 0 Å². The molecule has 9 heteroatoms. The lowest BCUT2D eigenvalue weighted by atomic mass is 9.80. The van der Waals surface area contributed by atoms with Gasteiger partial charge >= 0.3 is 6.09 Å². The van der Waals surface area contributed by atoms with Gasteiger partial charge < -0.3 is 15.4 Å². The summed E-state index contributed by atoms with van der Waals surface area (Å²) >= 11 is 6.20. The standard InChI is InChI=1S/C23H32ClN5O3/c1-14-6-8-15(9-7-14)20(32-22(31)28-23(2,3)4)21(30)27-18-11-10-16(12-25-18)19-17(24)13-26-29(19)5/h10-15,20H,6-9H2,1-5H3,(H,28,31)(H,25,27,30). The molecule has 2 N–H and O–H groups in total. The van der Waals surface area contributed by atoms with Gasteiger partial charge in [-0.1, -0.05) is 31.4 Å². The van der Waals surface area contributed by atoms with Gasteiger partial charge in [-0.05, 0) is 51.7 Å². The number of amides is 2. The lowest BCUT2D eigenvalue weighted by Gasteiger charge is -2.32. The van der Waals surface area contributed by atoms with Gasteiger partial charge in [0.25, 0.3) is 5.91 Å². The average Bonchev–Trinajstić information content (AvgIpc) is 3.04. The van der Waals surface area contributed by atoms with Crippen LogP contribution in [0, 0.1) is 11.8 Å². The molecule has 0 radical (unpaired) electrons. The van der Waals surface area contributed by atoms with E-state index in [2.05, 4.69) is 27.6 Å². The Balaban J connectivity index is 1.73. The van der Waals surface area contributed by atoms with Crippen molar-refractivity contribution in [3.8, 4) is 11.3 Å². The third-order valence-corrected chi connectivity index (χ3v) is 5.92. The SMILES string of the molecule is CC1CCC(C(OC(=O)NC(C)(C)C)C(=O)Nc2ccc(-c3c(Cl)cnn3C)cn2)CC1. The maximum absolute atomic E-state index is 13.1. The van der Waals surface area contributed by atoms with Crippen LogP contribution in [0.2, 0.25) is 5.02 Å². The molecule has 174 valence electrons. The number of aryl methyl sites for hydroxylation is 1. The van der Waals surface area contributed by atoms with Gasteiger partial charge in [0, 0.05) is 30.3 Å². The van der Waals surface area contributed by atoms with Crippen LogP contribution in [0.3, 0.4) is 0 Å². The van der Waals surface area contributed by atoms with Gasteiger partial charge in [-0.2, -0.15) is 5.10 Å². The summed E-state index contributed by atoms with van der Waals surface area (Å²) in [7, 11) is 1.80. The number of carbonyl (C=O) groups is 2. The third kappa shape index (κ3) is 6.22. The Labute approximate surface area is 194 Å². The highest BCUT2D eigenvalue weighted by atomic mass is 35.5. The first-order valence-corrected chi connectivity index (χ1v) is 11.3. The molecule has 0 bridgehead atoms. The Kier molecular flexibility index (Phi) is 7.44. The fourth-order valence-corrected chi connectivity index (χ4v) is 4.22. The molecule has 8 nitrogen and oxygen atoms in total. The minimum Gasteiger partial charge on any atom is -0.436 e. The first-order chi connectivity index (χ1) is 15.0. The molecule has 1 aliphatic rings. The van der Waals surface area contributed by atoms with Gasteiger partial charge in [-0.25, -0.2) is 9.78 Å². The van der Waals surface area contributed by atoms with Crippen LogP contribution < -0.4 is 10.6 Å². The van der Waals surface area contributed by atoms with Crippen LogP contribution in [-0.4, -0.2) is 38.4 Å². The van der Waals surface area contributed by atoms with E-state index in [9.17, 15) is 9.59 Å². The second kappa shape index (κ2) is 9.90. The van der Waals surface area contributed by atoms with Crippen LogP contribution >= 0.6 is 11.6 Å². The van der Waals surface area contributed by atoms with Crippen molar-refractivity contribution in [2.75, 3.05) is 5.32 Å². The predicted octanol–water partition coefficient (Wildman–Crippen LogP) is 4.79. The molecule has 3 rings (SSSR count). The van der Waals surface area contributed by atoms with E-state index in [1.807, 2.05) is 26.8 Å². The van der Waals surface area contributed by atoms with Gasteiger partial charge in [-0.3, -0.25) is 9.48 Å². The number of carbonyl (C=O) groups excluding carboxylic acids is 2. The first-order valence-electron chi connectivity index (χ1n) is 11.0. The Hall–Kier alpha value is -2.61. The molecule has 32 heavy (non-hydrogen) atoms. The number of alkyl carbamates (subject to hydrolysis) is 1. The van der Waals surface area contributed by atoms with Gasteiger partial charge in [-0.15, -0.1) is 0 Å². The zero-order chi connectivity index (χ0) is 23.5. The maximum Gasteiger partial charge on any atom is 0.408 e. The molecule has 2 amide bonds. The van der Waals surface area contributed by atoms with Gasteiger partial charge in [0.2, 0.25) is 0 Å². The summed E-state index contributed by atoms with van der Waals surface area (Å²) in [5.41, 5.74) is 1.07. The van der Waals surface area contributed by atoms with Gasteiger partial charge in [0.1, 0.15) is 5.82 Å². The van der Waals surface area contributed by atoms with Crippen molar-refractivity contribution in [2.24, 2.45) is 18.9 Å². The normalized spacial score (nSPS) is 19.8. The molecule has 1 unspecified atom stereocenters. The van der Waals surface area contributed by atoms with E-state index >= 15 is 0 Å². The molecule has 1 aliphatic carbocycles. The number of nitrogens with zero attached hydrogens (tertiary/aromatic N) is 3. The lowest BCUT2D eigenvalue weighted by molar-refractivity contribution is -0.128. The number of anilines is 1. The summed E-state index contributed by atoms with van der Waals surface area (Å²) in [6.07, 6.45) is 5.43. The van der Waals surface area contributed by atoms with Gasteiger partial charge in [0.05, 0.1) is 16.9 Å². The lowest BCUT2D eigenvalue weighted by Crippen LogP contribution is -2.47. The highest BCUT2D eigenvalue weighted by Crippen LogP contribution is 2.32. The van der Waals surface area contributed by atoms with Crippen LogP contribution in [0.15, 0.2) is 24.5 Å².